The highest BCUT2D eigenvalue weighted by molar-refractivity contribution is 5.42. The van der Waals surface area contributed by atoms with Crippen molar-refractivity contribution in [1.82, 2.24) is 5.32 Å². The number of hydrogen-bond donors (Lipinski definition) is 2. The zero-order valence-corrected chi connectivity index (χ0v) is 10.6. The van der Waals surface area contributed by atoms with Crippen molar-refractivity contribution >= 4 is 0 Å². The molecule has 0 aliphatic carbocycles. The van der Waals surface area contributed by atoms with Crippen molar-refractivity contribution in [3.63, 3.8) is 0 Å². The molecule has 0 spiro atoms. The van der Waals surface area contributed by atoms with Crippen molar-refractivity contribution < 1.29 is 18.3 Å². The van der Waals surface area contributed by atoms with Crippen LogP contribution in [0.2, 0.25) is 0 Å². The van der Waals surface area contributed by atoms with E-state index in [1.54, 1.807) is 13.8 Å². The number of aromatic hydroxyl groups is 1. The highest BCUT2D eigenvalue weighted by Crippen LogP contribution is 2.23. The Morgan fingerprint density at radius 2 is 1.72 bits per heavy atom. The van der Waals surface area contributed by atoms with Gasteiger partial charge in [-0.25, -0.2) is 0 Å². The van der Waals surface area contributed by atoms with Crippen molar-refractivity contribution in [2.24, 2.45) is 0 Å². The first kappa shape index (κ1) is 14.8. The van der Waals surface area contributed by atoms with Crippen LogP contribution in [0.25, 0.3) is 0 Å². The fourth-order valence-corrected chi connectivity index (χ4v) is 1.79. The van der Waals surface area contributed by atoms with Crippen molar-refractivity contribution in [3.05, 3.63) is 28.8 Å². The number of aryl methyl sites for hydroxylation is 2. The van der Waals surface area contributed by atoms with Crippen LogP contribution in [0.5, 0.6) is 5.75 Å². The van der Waals surface area contributed by atoms with Gasteiger partial charge in [0.25, 0.3) is 0 Å². The van der Waals surface area contributed by atoms with Crippen LogP contribution in [0.4, 0.5) is 13.2 Å². The summed E-state index contributed by atoms with van der Waals surface area (Å²) in [6.45, 7) is 4.45. The van der Waals surface area contributed by atoms with Gasteiger partial charge in [0.05, 0.1) is 0 Å². The van der Waals surface area contributed by atoms with Crippen LogP contribution in [0, 0.1) is 13.8 Å². The molecule has 1 aromatic carbocycles. The van der Waals surface area contributed by atoms with Crippen LogP contribution in [-0.4, -0.2) is 17.8 Å². The number of halogens is 3. The molecule has 0 heterocycles. The Kier molecular flexibility index (Phi) is 5.02. The van der Waals surface area contributed by atoms with Crippen molar-refractivity contribution in [2.45, 2.75) is 39.4 Å². The molecule has 0 atom stereocenters. The van der Waals surface area contributed by atoms with E-state index in [-0.39, 0.29) is 12.2 Å². The highest BCUT2D eigenvalue weighted by Gasteiger charge is 2.25. The van der Waals surface area contributed by atoms with Gasteiger partial charge in [0.2, 0.25) is 0 Å². The molecule has 1 rings (SSSR count). The second-order valence-corrected chi connectivity index (χ2v) is 4.47. The van der Waals surface area contributed by atoms with Gasteiger partial charge in [0, 0.05) is 13.0 Å². The third kappa shape index (κ3) is 4.96. The summed E-state index contributed by atoms with van der Waals surface area (Å²) in [7, 11) is 0. The molecule has 2 nitrogen and oxygen atoms in total. The standard InChI is InChI=1S/C13H18F3NO/c1-9-6-11(7-10(2)12(9)18)8-17-5-3-4-13(14,15)16/h6-7,17-18H,3-5,8H2,1-2H3. The van der Waals surface area contributed by atoms with Gasteiger partial charge in [-0.3, -0.25) is 0 Å². The molecule has 0 bridgehead atoms. The van der Waals surface area contributed by atoms with Crippen LogP contribution < -0.4 is 5.32 Å². The van der Waals surface area contributed by atoms with Gasteiger partial charge >= 0.3 is 6.18 Å². The normalized spacial score (nSPS) is 11.8. The topological polar surface area (TPSA) is 32.3 Å². The first-order valence-corrected chi connectivity index (χ1v) is 5.86. The fourth-order valence-electron chi connectivity index (χ4n) is 1.79. The lowest BCUT2D eigenvalue weighted by Gasteiger charge is -2.10. The van der Waals surface area contributed by atoms with E-state index >= 15 is 0 Å². The number of alkyl halides is 3. The van der Waals surface area contributed by atoms with E-state index in [0.29, 0.717) is 13.1 Å². The summed E-state index contributed by atoms with van der Waals surface area (Å²) < 4.78 is 35.7. The maximum absolute atomic E-state index is 11.9. The summed E-state index contributed by atoms with van der Waals surface area (Å²) in [6.07, 6.45) is -4.75. The number of benzene rings is 1. The van der Waals surface area contributed by atoms with Crippen molar-refractivity contribution in [2.75, 3.05) is 6.54 Å². The van der Waals surface area contributed by atoms with Gasteiger partial charge in [0.15, 0.2) is 0 Å². The summed E-state index contributed by atoms with van der Waals surface area (Å²) in [6, 6.07) is 3.66. The Labute approximate surface area is 105 Å². The molecule has 0 radical (unpaired) electrons. The summed E-state index contributed by atoms with van der Waals surface area (Å²) >= 11 is 0. The predicted molar refractivity (Wildman–Crippen MR) is 64.6 cm³/mol. The van der Waals surface area contributed by atoms with Crippen LogP contribution in [0.15, 0.2) is 12.1 Å². The molecule has 18 heavy (non-hydrogen) atoms. The lowest BCUT2D eigenvalue weighted by atomic mass is 10.1. The van der Waals surface area contributed by atoms with Gasteiger partial charge in [-0.15, -0.1) is 0 Å². The van der Waals surface area contributed by atoms with Crippen LogP contribution in [0.1, 0.15) is 29.5 Å². The van der Waals surface area contributed by atoms with Gasteiger partial charge in [-0.1, -0.05) is 12.1 Å². The van der Waals surface area contributed by atoms with Gasteiger partial charge in [-0.05, 0) is 43.5 Å². The molecule has 102 valence electrons. The Balaban J connectivity index is 2.36. The minimum Gasteiger partial charge on any atom is -0.507 e. The van der Waals surface area contributed by atoms with E-state index in [0.717, 1.165) is 16.7 Å². The summed E-state index contributed by atoms with van der Waals surface area (Å²) in [5.41, 5.74) is 2.53. The molecule has 2 N–H and O–H groups in total. The molecule has 0 aromatic heterocycles. The quantitative estimate of drug-likeness (QED) is 0.796. The van der Waals surface area contributed by atoms with Gasteiger partial charge in [-0.2, -0.15) is 13.2 Å². The molecular weight excluding hydrogens is 243 g/mol. The molecule has 0 saturated carbocycles. The van der Waals surface area contributed by atoms with Crippen LogP contribution in [0.3, 0.4) is 0 Å². The largest absolute Gasteiger partial charge is 0.507 e. The first-order valence-electron chi connectivity index (χ1n) is 5.86. The molecule has 0 amide bonds. The maximum Gasteiger partial charge on any atom is 0.389 e. The molecule has 0 fully saturated rings. The molecule has 0 saturated heterocycles. The predicted octanol–water partition coefficient (Wildman–Crippen LogP) is 3.44. The third-order valence-electron chi connectivity index (χ3n) is 2.69. The van der Waals surface area contributed by atoms with E-state index in [9.17, 15) is 18.3 Å². The molecular formula is C13H18F3NO. The smallest absolute Gasteiger partial charge is 0.389 e. The Hall–Kier alpha value is -1.23. The average molecular weight is 261 g/mol. The molecule has 0 aliphatic heterocycles. The van der Waals surface area contributed by atoms with E-state index in [4.69, 9.17) is 0 Å². The zero-order chi connectivity index (χ0) is 13.8. The second kappa shape index (κ2) is 6.09. The fraction of sp³-hybridized carbons (Fsp3) is 0.538. The second-order valence-electron chi connectivity index (χ2n) is 4.47. The number of nitrogens with one attached hydrogen (secondary N) is 1. The highest BCUT2D eigenvalue weighted by atomic mass is 19.4. The average Bonchev–Trinajstić information content (AvgIpc) is 2.23. The zero-order valence-electron chi connectivity index (χ0n) is 10.6. The minimum atomic E-state index is -4.08. The van der Waals surface area contributed by atoms with E-state index in [2.05, 4.69) is 5.32 Å². The SMILES string of the molecule is Cc1cc(CNCCCC(F)(F)F)cc(C)c1O. The molecule has 1 aromatic rings. The van der Waals surface area contributed by atoms with Crippen LogP contribution >= 0.6 is 0 Å². The Morgan fingerprint density at radius 3 is 2.22 bits per heavy atom. The Bertz CT molecular complexity index is 379. The lowest BCUT2D eigenvalue weighted by Crippen LogP contribution is -2.17. The summed E-state index contributed by atoms with van der Waals surface area (Å²) in [4.78, 5) is 0. The number of phenolic OH excluding ortho intramolecular Hbond substituents is 1. The van der Waals surface area contributed by atoms with E-state index in [1.165, 1.54) is 0 Å². The third-order valence-corrected chi connectivity index (χ3v) is 2.69. The number of phenols is 1. The minimum absolute atomic E-state index is 0.0829. The number of hydrogen-bond acceptors (Lipinski definition) is 2. The lowest BCUT2D eigenvalue weighted by molar-refractivity contribution is -0.135. The Morgan fingerprint density at radius 1 is 1.17 bits per heavy atom. The number of rotatable bonds is 5. The maximum atomic E-state index is 11.9. The monoisotopic (exact) mass is 261 g/mol. The molecule has 5 heteroatoms. The summed E-state index contributed by atoms with van der Waals surface area (Å²) in [5.74, 6) is 0.274. The molecule has 0 aliphatic rings. The van der Waals surface area contributed by atoms with Crippen molar-refractivity contribution in [1.29, 1.82) is 0 Å². The van der Waals surface area contributed by atoms with Gasteiger partial charge < -0.3 is 10.4 Å². The van der Waals surface area contributed by atoms with E-state index in [1.807, 2.05) is 12.1 Å². The van der Waals surface area contributed by atoms with Crippen molar-refractivity contribution in [3.8, 4) is 5.75 Å². The van der Waals surface area contributed by atoms with Gasteiger partial charge in [0.1, 0.15) is 5.75 Å². The first-order chi connectivity index (χ1) is 8.29. The van der Waals surface area contributed by atoms with Crippen LogP contribution in [-0.2, 0) is 6.54 Å². The summed E-state index contributed by atoms with van der Waals surface area (Å²) in [5, 5.41) is 12.6. The van der Waals surface area contributed by atoms with E-state index < -0.39 is 12.6 Å². The molecule has 0 unspecified atom stereocenters.